The highest BCUT2D eigenvalue weighted by atomic mass is 19.1. The summed E-state index contributed by atoms with van der Waals surface area (Å²) in [5, 5.41) is 2.34. The molecule has 4 nitrogen and oxygen atoms in total. The van der Waals surface area contributed by atoms with Gasteiger partial charge < -0.3 is 11.1 Å². The molecule has 1 aromatic carbocycles. The summed E-state index contributed by atoms with van der Waals surface area (Å²) in [6.07, 6.45) is 0. The molecule has 2 amide bonds. The van der Waals surface area contributed by atoms with Gasteiger partial charge in [0.05, 0.1) is 5.56 Å². The smallest absolute Gasteiger partial charge is 0.251 e. The second-order valence-electron chi connectivity index (χ2n) is 2.64. The van der Waals surface area contributed by atoms with E-state index in [-0.39, 0.29) is 11.1 Å². The molecule has 0 bridgehead atoms. The average Bonchev–Trinajstić information content (AvgIpc) is 2.15. The number of carbonyl (C=O) groups is 2. The Morgan fingerprint density at radius 2 is 2.07 bits per heavy atom. The molecule has 3 N–H and O–H groups in total. The highest BCUT2D eigenvalue weighted by molar-refractivity contribution is 5.97. The highest BCUT2D eigenvalue weighted by Gasteiger charge is 2.11. The molecule has 0 aliphatic carbocycles. The fourth-order valence-corrected chi connectivity index (χ4v) is 1.00. The zero-order valence-electron chi connectivity index (χ0n) is 7.50. The Morgan fingerprint density at radius 3 is 2.50 bits per heavy atom. The van der Waals surface area contributed by atoms with Gasteiger partial charge in [0.15, 0.2) is 0 Å². The maximum atomic E-state index is 13.1. The van der Waals surface area contributed by atoms with Gasteiger partial charge in [-0.3, -0.25) is 9.59 Å². The van der Waals surface area contributed by atoms with Crippen LogP contribution < -0.4 is 11.1 Å². The summed E-state index contributed by atoms with van der Waals surface area (Å²) in [7, 11) is 1.43. The maximum Gasteiger partial charge on any atom is 0.251 e. The Kier molecular flexibility index (Phi) is 2.81. The Hall–Kier alpha value is -1.91. The molecule has 0 radical (unpaired) electrons. The molecule has 0 unspecified atom stereocenters. The van der Waals surface area contributed by atoms with Gasteiger partial charge in [0, 0.05) is 12.6 Å². The summed E-state index contributed by atoms with van der Waals surface area (Å²) in [6, 6.07) is 3.49. The molecule has 0 heterocycles. The van der Waals surface area contributed by atoms with Crippen molar-refractivity contribution in [3.63, 3.8) is 0 Å². The SMILES string of the molecule is CNC(=O)c1ccc(C(N)=O)c(F)c1. The van der Waals surface area contributed by atoms with Gasteiger partial charge in [0.1, 0.15) is 5.82 Å². The summed E-state index contributed by atoms with van der Waals surface area (Å²) in [6.45, 7) is 0. The van der Waals surface area contributed by atoms with Gasteiger partial charge in [0.25, 0.3) is 11.8 Å². The van der Waals surface area contributed by atoms with E-state index in [1.807, 2.05) is 0 Å². The lowest BCUT2D eigenvalue weighted by atomic mass is 10.1. The monoisotopic (exact) mass is 196 g/mol. The molecule has 14 heavy (non-hydrogen) atoms. The molecule has 0 aliphatic heterocycles. The highest BCUT2D eigenvalue weighted by Crippen LogP contribution is 2.09. The third kappa shape index (κ3) is 1.87. The van der Waals surface area contributed by atoms with Crippen molar-refractivity contribution in [3.05, 3.63) is 35.1 Å². The van der Waals surface area contributed by atoms with Crippen molar-refractivity contribution in [3.8, 4) is 0 Å². The maximum absolute atomic E-state index is 13.1. The number of hydrogen-bond acceptors (Lipinski definition) is 2. The van der Waals surface area contributed by atoms with Crippen LogP contribution in [0.2, 0.25) is 0 Å². The molecule has 0 saturated heterocycles. The first-order valence-electron chi connectivity index (χ1n) is 3.87. The number of nitrogens with one attached hydrogen (secondary N) is 1. The first-order valence-corrected chi connectivity index (χ1v) is 3.87. The van der Waals surface area contributed by atoms with Gasteiger partial charge in [-0.2, -0.15) is 0 Å². The second kappa shape index (κ2) is 3.87. The van der Waals surface area contributed by atoms with E-state index in [1.54, 1.807) is 0 Å². The molecule has 0 atom stereocenters. The zero-order chi connectivity index (χ0) is 10.7. The van der Waals surface area contributed by atoms with E-state index < -0.39 is 17.6 Å². The average molecular weight is 196 g/mol. The molecular formula is C9H9FN2O2. The van der Waals surface area contributed by atoms with Gasteiger partial charge in [0.2, 0.25) is 0 Å². The summed E-state index contributed by atoms with van der Waals surface area (Å²) >= 11 is 0. The molecule has 0 spiro atoms. The van der Waals surface area contributed by atoms with E-state index in [0.717, 1.165) is 6.07 Å². The Morgan fingerprint density at radius 1 is 1.43 bits per heavy atom. The van der Waals surface area contributed by atoms with Crippen LogP contribution in [0.4, 0.5) is 4.39 Å². The molecule has 0 aliphatic rings. The minimum atomic E-state index is -0.856. The third-order valence-corrected chi connectivity index (χ3v) is 1.72. The molecule has 1 aromatic rings. The predicted molar refractivity (Wildman–Crippen MR) is 48.3 cm³/mol. The van der Waals surface area contributed by atoms with Crippen LogP contribution in [0.1, 0.15) is 20.7 Å². The topological polar surface area (TPSA) is 72.2 Å². The van der Waals surface area contributed by atoms with Crippen LogP contribution >= 0.6 is 0 Å². The van der Waals surface area contributed by atoms with Crippen LogP contribution in [0.15, 0.2) is 18.2 Å². The number of rotatable bonds is 2. The van der Waals surface area contributed by atoms with Crippen molar-refractivity contribution >= 4 is 11.8 Å². The minimum absolute atomic E-state index is 0.148. The normalized spacial score (nSPS) is 9.57. The summed E-state index contributed by atoms with van der Waals surface area (Å²) in [5.41, 5.74) is 4.82. The van der Waals surface area contributed by atoms with Gasteiger partial charge >= 0.3 is 0 Å². The van der Waals surface area contributed by atoms with Crippen LogP contribution in [0, 0.1) is 5.82 Å². The van der Waals surface area contributed by atoms with Crippen molar-refractivity contribution in [2.45, 2.75) is 0 Å². The quantitative estimate of drug-likeness (QED) is 0.713. The lowest BCUT2D eigenvalue weighted by molar-refractivity contribution is 0.0958. The molecule has 0 fully saturated rings. The third-order valence-electron chi connectivity index (χ3n) is 1.72. The Labute approximate surface area is 79.9 Å². The fourth-order valence-electron chi connectivity index (χ4n) is 1.00. The fraction of sp³-hybridized carbons (Fsp3) is 0.111. The summed E-state index contributed by atoms with van der Waals surface area (Å²) in [4.78, 5) is 21.7. The number of halogens is 1. The summed E-state index contributed by atoms with van der Waals surface area (Å²) < 4.78 is 13.1. The van der Waals surface area contributed by atoms with Crippen molar-refractivity contribution in [1.82, 2.24) is 5.32 Å². The van der Waals surface area contributed by atoms with Crippen molar-refractivity contribution in [2.24, 2.45) is 5.73 Å². The minimum Gasteiger partial charge on any atom is -0.366 e. The molecule has 0 aromatic heterocycles. The van der Waals surface area contributed by atoms with Crippen LogP contribution in [0.5, 0.6) is 0 Å². The van der Waals surface area contributed by atoms with Gasteiger partial charge in [-0.05, 0) is 18.2 Å². The Balaban J connectivity index is 3.12. The van der Waals surface area contributed by atoms with Crippen LogP contribution in [-0.2, 0) is 0 Å². The number of carbonyl (C=O) groups excluding carboxylic acids is 2. The largest absolute Gasteiger partial charge is 0.366 e. The molecule has 5 heteroatoms. The molecule has 0 saturated carbocycles. The summed E-state index contributed by atoms with van der Waals surface area (Å²) in [5.74, 6) is -2.07. The van der Waals surface area contributed by atoms with Crippen LogP contribution in [-0.4, -0.2) is 18.9 Å². The number of nitrogens with two attached hydrogens (primary N) is 1. The van der Waals surface area contributed by atoms with E-state index in [4.69, 9.17) is 5.73 Å². The molecular weight excluding hydrogens is 187 g/mol. The number of primary amides is 1. The van der Waals surface area contributed by atoms with E-state index in [9.17, 15) is 14.0 Å². The van der Waals surface area contributed by atoms with Crippen LogP contribution in [0.3, 0.4) is 0 Å². The van der Waals surface area contributed by atoms with Crippen molar-refractivity contribution in [1.29, 1.82) is 0 Å². The number of amides is 2. The standard InChI is InChI=1S/C9H9FN2O2/c1-12-9(14)5-2-3-6(8(11)13)7(10)4-5/h2-4H,1H3,(H2,11,13)(H,12,14). The molecule has 74 valence electrons. The van der Waals surface area contributed by atoms with E-state index in [1.165, 1.54) is 19.2 Å². The van der Waals surface area contributed by atoms with Crippen LogP contribution in [0.25, 0.3) is 0 Å². The van der Waals surface area contributed by atoms with Gasteiger partial charge in [-0.1, -0.05) is 0 Å². The number of hydrogen-bond donors (Lipinski definition) is 2. The van der Waals surface area contributed by atoms with E-state index in [2.05, 4.69) is 5.32 Å². The van der Waals surface area contributed by atoms with Gasteiger partial charge in [-0.25, -0.2) is 4.39 Å². The van der Waals surface area contributed by atoms with Crippen molar-refractivity contribution < 1.29 is 14.0 Å². The van der Waals surface area contributed by atoms with E-state index in [0.29, 0.717) is 0 Å². The first-order chi connectivity index (χ1) is 6.56. The lowest BCUT2D eigenvalue weighted by Gasteiger charge is -2.02. The van der Waals surface area contributed by atoms with Crippen molar-refractivity contribution in [2.75, 3.05) is 7.05 Å². The Bertz CT molecular complexity index is 390. The first kappa shape index (κ1) is 10.2. The van der Waals surface area contributed by atoms with E-state index >= 15 is 0 Å². The predicted octanol–water partition coefficient (Wildman–Crippen LogP) is 0.284. The second-order valence-corrected chi connectivity index (χ2v) is 2.64. The molecule has 1 rings (SSSR count). The number of benzene rings is 1. The zero-order valence-corrected chi connectivity index (χ0v) is 7.50. The lowest BCUT2D eigenvalue weighted by Crippen LogP contribution is -2.19. The van der Waals surface area contributed by atoms with Gasteiger partial charge in [-0.15, -0.1) is 0 Å².